The minimum Gasteiger partial charge on any atom is -0.394 e. The number of alkyl halides is 1. The normalized spacial score (nSPS) is 50.5. The lowest BCUT2D eigenvalue weighted by molar-refractivity contribution is -0.379. The highest BCUT2D eigenvalue weighted by Crippen LogP contribution is 2.32. The zero-order valence-corrected chi connectivity index (χ0v) is 21.0. The van der Waals surface area contributed by atoms with Crippen molar-refractivity contribution in [3.05, 3.63) is 0 Å². The third kappa shape index (κ3) is 6.77. The Morgan fingerprint density at radius 1 is 0.568 bits per heavy atom. The number of aliphatic hydroxyl groups excluding tert-OH is 10. The van der Waals surface area contributed by atoms with E-state index in [4.69, 9.17) is 29.8 Å². The van der Waals surface area contributed by atoms with Gasteiger partial charge in [0.1, 0.15) is 73.2 Å². The van der Waals surface area contributed by atoms with Gasteiger partial charge in [-0.05, 0) is 0 Å². The lowest BCUT2D eigenvalue weighted by Crippen LogP contribution is -2.66. The van der Waals surface area contributed by atoms with Crippen LogP contribution < -0.4 is 0 Å². The largest absolute Gasteiger partial charge is 0.394 e. The van der Waals surface area contributed by atoms with Crippen molar-refractivity contribution in [2.75, 3.05) is 31.7 Å². The maximum atomic E-state index is 10.7. The monoisotopic (exact) mass is 611 g/mol. The number of rotatable bonds is 10. The summed E-state index contributed by atoms with van der Waals surface area (Å²) in [6.45, 7) is -2.52. The Bertz CT molecular complexity index is 721. The van der Waals surface area contributed by atoms with Crippen molar-refractivity contribution < 1.29 is 80.9 Å². The fourth-order valence-corrected chi connectivity index (χ4v) is 4.46. The van der Waals surface area contributed by atoms with Gasteiger partial charge in [0.15, 0.2) is 18.9 Å². The Labute approximate surface area is 221 Å². The van der Waals surface area contributed by atoms with Crippen LogP contribution in [0.4, 0.5) is 0 Å². The molecule has 0 aromatic carbocycles. The second-order valence-electron chi connectivity index (χ2n) is 8.80. The van der Waals surface area contributed by atoms with E-state index in [1.165, 1.54) is 0 Å². The Hall–Kier alpha value is -0.160. The van der Waals surface area contributed by atoms with Crippen LogP contribution in [0.1, 0.15) is 1.37 Å². The van der Waals surface area contributed by atoms with Gasteiger partial charge in [0.05, 0.1) is 26.4 Å². The van der Waals surface area contributed by atoms with Gasteiger partial charge in [0, 0.05) is 6.68 Å². The Morgan fingerprint density at radius 3 is 1.43 bits per heavy atom. The van der Waals surface area contributed by atoms with E-state index >= 15 is 0 Å². The molecule has 3 saturated heterocycles. The van der Waals surface area contributed by atoms with E-state index in [1.54, 1.807) is 0 Å². The summed E-state index contributed by atoms with van der Waals surface area (Å²) in [5, 5.41) is 100. The average molecular weight is 612 g/mol. The Morgan fingerprint density at radius 2 is 0.973 bits per heavy atom. The average Bonchev–Trinajstić information content (AvgIpc) is 2.90. The molecule has 0 aromatic rings. The van der Waals surface area contributed by atoms with Gasteiger partial charge in [-0.15, -0.1) is 0 Å². The standard InChI is InChI=1S/C20H35BrO16/c21-1-2-32-18-14(30)11(27)16(7(4-23)34-18)37-20-15(31)12(28)17(8(5-24)35-20)36-19-13(29)10(26)9(25)6(3-22)33-19/h6-20,22-31H,1-5H2/t6-,7-,8-,9+,10+,11-,12-,13-,14-,15-,16-,17+,18-,19-,20?/m1/s1/i1D/t1?,6-,7-,8-,9+,10+,11-,12-,13-,14-,15-,16-,17+,18-,19-,20?. The van der Waals surface area contributed by atoms with E-state index in [1.807, 2.05) is 0 Å². The van der Waals surface area contributed by atoms with Gasteiger partial charge in [-0.3, -0.25) is 0 Å². The van der Waals surface area contributed by atoms with E-state index in [9.17, 15) is 51.1 Å². The molecule has 0 radical (unpaired) electrons. The molecule has 3 aliphatic heterocycles. The van der Waals surface area contributed by atoms with Crippen LogP contribution in [0.3, 0.4) is 0 Å². The van der Waals surface area contributed by atoms with Crippen LogP contribution in [-0.4, -0.2) is 175 Å². The molecule has 0 spiro atoms. The number of halogens is 1. The molecule has 3 heterocycles. The van der Waals surface area contributed by atoms with Crippen molar-refractivity contribution in [1.82, 2.24) is 0 Å². The third-order valence-corrected chi connectivity index (χ3v) is 6.66. The third-order valence-electron chi connectivity index (χ3n) is 6.40. The number of aliphatic hydroxyl groups is 10. The number of hydrogen-bond acceptors (Lipinski definition) is 16. The lowest BCUT2D eigenvalue weighted by Gasteiger charge is -2.48. The molecule has 16 atom stereocenters. The van der Waals surface area contributed by atoms with Gasteiger partial charge in [-0.25, -0.2) is 0 Å². The van der Waals surface area contributed by atoms with Gasteiger partial charge in [-0.1, -0.05) is 15.9 Å². The summed E-state index contributed by atoms with van der Waals surface area (Å²) >= 11 is 2.93. The summed E-state index contributed by atoms with van der Waals surface area (Å²) in [6, 6.07) is 0. The van der Waals surface area contributed by atoms with Crippen molar-refractivity contribution in [3.8, 4) is 0 Å². The van der Waals surface area contributed by atoms with E-state index in [2.05, 4.69) is 15.9 Å². The van der Waals surface area contributed by atoms with Crippen molar-refractivity contribution in [2.45, 2.75) is 92.1 Å². The molecule has 16 nitrogen and oxygen atoms in total. The predicted octanol–water partition coefficient (Wildman–Crippen LogP) is -6.15. The summed E-state index contributed by atoms with van der Waals surface area (Å²) in [4.78, 5) is 0. The van der Waals surface area contributed by atoms with Crippen LogP contribution >= 0.6 is 15.9 Å². The summed E-state index contributed by atoms with van der Waals surface area (Å²) in [6.07, 6.45) is -24.6. The molecule has 0 aromatic heterocycles. The van der Waals surface area contributed by atoms with Gasteiger partial charge >= 0.3 is 0 Å². The Kier molecular flexibility index (Phi) is 11.2. The van der Waals surface area contributed by atoms with E-state index < -0.39 is 117 Å². The van der Waals surface area contributed by atoms with Crippen LogP contribution in [-0.2, 0) is 28.4 Å². The molecule has 37 heavy (non-hydrogen) atoms. The van der Waals surface area contributed by atoms with E-state index in [-0.39, 0.29) is 6.61 Å². The van der Waals surface area contributed by atoms with Crippen LogP contribution in [0.2, 0.25) is 0 Å². The fourth-order valence-electron chi connectivity index (χ4n) is 4.31. The van der Waals surface area contributed by atoms with Crippen molar-refractivity contribution >= 4 is 15.9 Å². The predicted molar refractivity (Wildman–Crippen MR) is 119 cm³/mol. The summed E-state index contributed by atoms with van der Waals surface area (Å²) < 4.78 is 39.8. The van der Waals surface area contributed by atoms with E-state index in [0.717, 1.165) is 0 Å². The maximum Gasteiger partial charge on any atom is 0.187 e. The maximum absolute atomic E-state index is 10.7. The topological polar surface area (TPSA) is 258 Å². The highest BCUT2D eigenvalue weighted by molar-refractivity contribution is 9.09. The molecular weight excluding hydrogens is 576 g/mol. The van der Waals surface area contributed by atoms with Crippen LogP contribution in [0.25, 0.3) is 0 Å². The number of ether oxygens (including phenoxy) is 6. The molecule has 10 N–H and O–H groups in total. The van der Waals surface area contributed by atoms with Crippen LogP contribution in [0.5, 0.6) is 0 Å². The second kappa shape index (κ2) is 14.0. The van der Waals surface area contributed by atoms with Gasteiger partial charge in [-0.2, -0.15) is 0 Å². The summed E-state index contributed by atoms with van der Waals surface area (Å²) in [5.41, 5.74) is 0. The molecule has 218 valence electrons. The van der Waals surface area contributed by atoms with Crippen molar-refractivity contribution in [3.63, 3.8) is 0 Å². The number of hydrogen-bond donors (Lipinski definition) is 10. The summed E-state index contributed by atoms with van der Waals surface area (Å²) in [5.74, 6) is 0. The molecule has 17 heteroatoms. The summed E-state index contributed by atoms with van der Waals surface area (Å²) in [7, 11) is 0. The van der Waals surface area contributed by atoms with Crippen molar-refractivity contribution in [2.24, 2.45) is 0 Å². The van der Waals surface area contributed by atoms with Crippen LogP contribution in [0, 0.1) is 0 Å². The molecule has 0 saturated carbocycles. The van der Waals surface area contributed by atoms with Gasteiger partial charge in [0.2, 0.25) is 0 Å². The highest BCUT2D eigenvalue weighted by atomic mass is 79.9. The minimum absolute atomic E-state index is 0.219. The Balaban J connectivity index is 1.69. The molecule has 0 bridgehead atoms. The molecule has 0 amide bonds. The molecular formula is C20H35BrO16. The van der Waals surface area contributed by atoms with Crippen LogP contribution in [0.15, 0.2) is 0 Å². The first-order valence-electron chi connectivity index (χ1n) is 12.1. The highest BCUT2D eigenvalue weighted by Gasteiger charge is 2.53. The van der Waals surface area contributed by atoms with Gasteiger partial charge < -0.3 is 79.5 Å². The SMILES string of the molecule is [2H]C(Br)CO[C@@H]1O[C@H](CO)[C@@H](OC2O[C@H](CO)[C@H](O[C@H]3O[C@H](CO)[C@H](O)[C@H](O)[C@H]3O)[C@H](O)[C@H]2O)[C@H](O)[C@H]1O. The fraction of sp³-hybridized carbons (Fsp3) is 1.00. The molecule has 3 fully saturated rings. The molecule has 3 aliphatic rings. The zero-order chi connectivity index (χ0) is 28.3. The van der Waals surface area contributed by atoms with Gasteiger partial charge in [0.25, 0.3) is 0 Å². The first kappa shape index (κ1) is 29.8. The zero-order valence-electron chi connectivity index (χ0n) is 20.4. The first-order chi connectivity index (χ1) is 17.9. The first-order valence-corrected chi connectivity index (χ1v) is 12.4. The lowest BCUT2D eigenvalue weighted by atomic mass is 9.96. The minimum atomic E-state index is -1.91. The molecule has 3 rings (SSSR count). The second-order valence-corrected chi connectivity index (χ2v) is 9.45. The molecule has 2 unspecified atom stereocenters. The smallest absolute Gasteiger partial charge is 0.187 e. The quantitative estimate of drug-likeness (QED) is 0.103. The molecule has 0 aliphatic carbocycles. The van der Waals surface area contributed by atoms with Crippen molar-refractivity contribution in [1.29, 1.82) is 0 Å². The van der Waals surface area contributed by atoms with E-state index in [0.29, 0.717) is 0 Å².